The first-order valence-electron chi connectivity index (χ1n) is 9.29. The molecule has 144 valence electrons. The summed E-state index contributed by atoms with van der Waals surface area (Å²) in [7, 11) is -1.66. The van der Waals surface area contributed by atoms with E-state index in [4.69, 9.17) is 4.74 Å². The molecule has 0 spiro atoms. The van der Waals surface area contributed by atoms with E-state index < -0.39 is 10.0 Å². The minimum absolute atomic E-state index is 0.0135. The van der Waals surface area contributed by atoms with E-state index in [1.807, 2.05) is 12.1 Å². The van der Waals surface area contributed by atoms with Gasteiger partial charge < -0.3 is 9.30 Å². The summed E-state index contributed by atoms with van der Waals surface area (Å²) < 4.78 is 34.6. The number of hydrogen-bond donors (Lipinski definition) is 1. The Morgan fingerprint density at radius 3 is 2.63 bits per heavy atom. The van der Waals surface area contributed by atoms with Gasteiger partial charge in [-0.3, -0.25) is 9.52 Å². The van der Waals surface area contributed by atoms with Crippen molar-refractivity contribution in [3.63, 3.8) is 0 Å². The fraction of sp³-hybridized carbons (Fsp3) is 0.450. The van der Waals surface area contributed by atoms with E-state index in [2.05, 4.69) is 4.72 Å². The summed E-state index contributed by atoms with van der Waals surface area (Å²) in [5.74, 6) is 1.41. The second-order valence-corrected chi connectivity index (χ2v) is 9.55. The van der Waals surface area contributed by atoms with Crippen LogP contribution in [0.3, 0.4) is 0 Å². The molecule has 1 aromatic heterocycles. The molecule has 0 bridgehead atoms. The highest BCUT2D eigenvalue weighted by molar-refractivity contribution is 7.92. The van der Waals surface area contributed by atoms with Crippen molar-refractivity contribution >= 4 is 15.7 Å². The van der Waals surface area contributed by atoms with Gasteiger partial charge in [-0.1, -0.05) is 0 Å². The van der Waals surface area contributed by atoms with Crippen LogP contribution in [-0.2, 0) is 23.5 Å². The highest BCUT2D eigenvalue weighted by Gasteiger charge is 2.38. The van der Waals surface area contributed by atoms with Crippen molar-refractivity contribution < 1.29 is 13.2 Å². The van der Waals surface area contributed by atoms with E-state index in [1.165, 1.54) is 12.8 Å². The maximum Gasteiger partial charge on any atom is 0.253 e. The number of nitrogens with zero attached hydrogens (tertiary/aromatic N) is 1. The van der Waals surface area contributed by atoms with E-state index in [1.54, 1.807) is 37.7 Å². The predicted octanol–water partition coefficient (Wildman–Crippen LogP) is 2.84. The van der Waals surface area contributed by atoms with Gasteiger partial charge in [0.25, 0.3) is 5.56 Å². The minimum Gasteiger partial charge on any atom is -0.489 e. The number of ether oxygens (including phenoxy) is 1. The molecule has 1 atom stereocenters. The minimum atomic E-state index is -3.38. The van der Waals surface area contributed by atoms with Crippen LogP contribution in [0.1, 0.15) is 30.9 Å². The summed E-state index contributed by atoms with van der Waals surface area (Å²) >= 11 is 0. The zero-order valence-electron chi connectivity index (χ0n) is 15.8. The molecule has 0 saturated heterocycles. The molecular weight excluding hydrogens is 364 g/mol. The van der Waals surface area contributed by atoms with Gasteiger partial charge in [-0.25, -0.2) is 8.42 Å². The zero-order chi connectivity index (χ0) is 19.3. The second-order valence-electron chi connectivity index (χ2n) is 7.54. The average molecular weight is 388 g/mol. The van der Waals surface area contributed by atoms with Gasteiger partial charge >= 0.3 is 0 Å². The Morgan fingerprint density at radius 2 is 2.00 bits per heavy atom. The molecule has 1 fully saturated rings. The van der Waals surface area contributed by atoms with E-state index >= 15 is 0 Å². The van der Waals surface area contributed by atoms with Crippen LogP contribution in [0, 0.1) is 12.8 Å². The van der Waals surface area contributed by atoms with Gasteiger partial charge in [-0.15, -0.1) is 0 Å². The molecular formula is C20H24N2O4S. The lowest BCUT2D eigenvalue weighted by molar-refractivity contribution is 0.208. The van der Waals surface area contributed by atoms with E-state index in [-0.39, 0.29) is 17.4 Å². The maximum atomic E-state index is 12.1. The quantitative estimate of drug-likeness (QED) is 0.854. The Morgan fingerprint density at radius 1 is 1.26 bits per heavy atom. The van der Waals surface area contributed by atoms with E-state index in [9.17, 15) is 13.2 Å². The third-order valence-electron chi connectivity index (χ3n) is 5.33. The Kier molecular flexibility index (Phi) is 4.29. The Bertz CT molecular complexity index is 1040. The van der Waals surface area contributed by atoms with Crippen molar-refractivity contribution in [2.75, 3.05) is 10.5 Å². The highest BCUT2D eigenvalue weighted by Crippen LogP contribution is 2.46. The molecule has 1 aromatic carbocycles. The van der Waals surface area contributed by atoms with Crippen LogP contribution in [0.25, 0.3) is 11.1 Å². The smallest absolute Gasteiger partial charge is 0.253 e. The van der Waals surface area contributed by atoms with Gasteiger partial charge in [0.15, 0.2) is 0 Å². The number of aromatic nitrogens is 1. The summed E-state index contributed by atoms with van der Waals surface area (Å²) in [5, 5.41) is 0. The van der Waals surface area contributed by atoms with Crippen LogP contribution in [0.4, 0.5) is 5.69 Å². The normalized spacial score (nSPS) is 18.9. The van der Waals surface area contributed by atoms with Gasteiger partial charge in [-0.05, 0) is 50.8 Å². The number of anilines is 1. The van der Waals surface area contributed by atoms with E-state index in [0.717, 1.165) is 28.9 Å². The molecule has 0 amide bonds. The van der Waals surface area contributed by atoms with Crippen molar-refractivity contribution in [3.8, 4) is 16.9 Å². The average Bonchev–Trinajstić information content (AvgIpc) is 3.38. The number of sulfonamides is 1. The van der Waals surface area contributed by atoms with Gasteiger partial charge in [0.05, 0.1) is 5.75 Å². The number of nitrogens with one attached hydrogen (secondary N) is 1. The molecule has 1 aliphatic carbocycles. The fourth-order valence-electron chi connectivity index (χ4n) is 3.67. The largest absolute Gasteiger partial charge is 0.489 e. The van der Waals surface area contributed by atoms with Crippen LogP contribution in [-0.4, -0.2) is 24.8 Å². The van der Waals surface area contributed by atoms with Crippen LogP contribution >= 0.6 is 0 Å². The SMILES string of the molecule is CCS(=O)(=O)Nc1cc2c(c(-c3cc(C)c(=O)n(C)c3)c1)OC(C1CC1)C2. The number of pyridine rings is 1. The second kappa shape index (κ2) is 6.41. The lowest BCUT2D eigenvalue weighted by atomic mass is 9.99. The fourth-order valence-corrected chi connectivity index (χ4v) is 4.29. The molecule has 1 saturated carbocycles. The molecule has 1 N–H and O–H groups in total. The van der Waals surface area contributed by atoms with Crippen LogP contribution in [0.2, 0.25) is 0 Å². The van der Waals surface area contributed by atoms with Gasteiger partial charge in [-0.2, -0.15) is 0 Å². The summed E-state index contributed by atoms with van der Waals surface area (Å²) in [4.78, 5) is 12.1. The van der Waals surface area contributed by atoms with Crippen molar-refractivity contribution in [1.29, 1.82) is 0 Å². The van der Waals surface area contributed by atoms with Gasteiger partial charge in [0.2, 0.25) is 10.0 Å². The molecule has 1 aliphatic heterocycles. The molecule has 0 radical (unpaired) electrons. The van der Waals surface area contributed by atoms with Crippen LogP contribution in [0.15, 0.2) is 29.2 Å². The van der Waals surface area contributed by atoms with Crippen molar-refractivity contribution in [2.45, 2.75) is 39.2 Å². The number of fused-ring (bicyclic) bond motifs is 1. The number of rotatable bonds is 5. The molecule has 6 nitrogen and oxygen atoms in total. The third kappa shape index (κ3) is 3.48. The summed E-state index contributed by atoms with van der Waals surface area (Å²) in [5.41, 5.74) is 3.82. The van der Waals surface area contributed by atoms with Crippen molar-refractivity contribution in [3.05, 3.63) is 45.9 Å². The molecule has 2 heterocycles. The maximum absolute atomic E-state index is 12.1. The van der Waals surface area contributed by atoms with Crippen LogP contribution < -0.4 is 15.0 Å². The first kappa shape index (κ1) is 18.1. The first-order chi connectivity index (χ1) is 12.8. The summed E-state index contributed by atoms with van der Waals surface area (Å²) in [6, 6.07) is 5.52. The molecule has 4 rings (SSSR count). The Hall–Kier alpha value is -2.28. The van der Waals surface area contributed by atoms with Crippen LogP contribution in [0.5, 0.6) is 5.75 Å². The Labute approximate surface area is 159 Å². The molecule has 7 heteroatoms. The lowest BCUT2D eigenvalue weighted by Gasteiger charge is -2.15. The summed E-state index contributed by atoms with van der Waals surface area (Å²) in [6.45, 7) is 3.39. The van der Waals surface area contributed by atoms with Gasteiger partial charge in [0.1, 0.15) is 11.9 Å². The molecule has 1 unspecified atom stereocenters. The lowest BCUT2D eigenvalue weighted by Crippen LogP contribution is -2.18. The Balaban J connectivity index is 1.84. The van der Waals surface area contributed by atoms with Crippen molar-refractivity contribution in [1.82, 2.24) is 4.57 Å². The predicted molar refractivity (Wildman–Crippen MR) is 106 cm³/mol. The van der Waals surface area contributed by atoms with Crippen molar-refractivity contribution in [2.24, 2.45) is 13.0 Å². The van der Waals surface area contributed by atoms with Gasteiger partial charge in [0, 0.05) is 47.6 Å². The first-order valence-corrected chi connectivity index (χ1v) is 10.9. The summed E-state index contributed by atoms with van der Waals surface area (Å²) in [6.07, 6.45) is 5.09. The number of aryl methyl sites for hydroxylation is 2. The monoisotopic (exact) mass is 388 g/mol. The number of benzene rings is 1. The molecule has 27 heavy (non-hydrogen) atoms. The standard InChI is InChI=1S/C20H24N2O4S/c1-4-27(24,25)21-16-8-14-9-18(13-5-6-13)26-19(14)17(10-16)15-7-12(2)20(23)22(3)11-15/h7-8,10-11,13,18,21H,4-6,9H2,1-3H3. The van der Waals surface area contributed by atoms with E-state index in [0.29, 0.717) is 17.2 Å². The zero-order valence-corrected chi connectivity index (χ0v) is 16.6. The molecule has 2 aliphatic rings. The number of hydrogen-bond acceptors (Lipinski definition) is 4. The highest BCUT2D eigenvalue weighted by atomic mass is 32.2. The third-order valence-corrected chi connectivity index (χ3v) is 6.64. The topological polar surface area (TPSA) is 77.4 Å². The molecule has 2 aromatic rings.